The normalized spacial score (nSPS) is 11.2. The predicted octanol–water partition coefficient (Wildman–Crippen LogP) is 7.15. The average molecular weight is 405 g/mol. The van der Waals surface area contributed by atoms with Crippen LogP contribution in [0.5, 0.6) is 5.75 Å². The molecule has 0 bridgehead atoms. The van der Waals surface area contributed by atoms with Gasteiger partial charge < -0.3 is 4.74 Å². The molecule has 136 valence electrons. The van der Waals surface area contributed by atoms with Crippen molar-refractivity contribution in [1.29, 1.82) is 0 Å². The van der Waals surface area contributed by atoms with Gasteiger partial charge in [-0.2, -0.15) is 4.39 Å². The number of esters is 1. The zero-order valence-electron chi connectivity index (χ0n) is 14.6. The van der Waals surface area contributed by atoms with Crippen molar-refractivity contribution in [2.24, 2.45) is 0 Å². The standard InChI is InChI=1S/C23H14FO2S2/c24-22-14-13-19(27-22)23(25)26-15-9-11-16(12-10-15)28-20-7-3-1-5-17(20)18-6-2-4-8-21(18)28/h1-14H/q+1. The van der Waals surface area contributed by atoms with Gasteiger partial charge in [-0.15, -0.1) is 0 Å². The molecule has 0 saturated heterocycles. The minimum Gasteiger partial charge on any atom is -0.422 e. The molecule has 5 heteroatoms. The molecule has 0 fully saturated rings. The number of hydrogen-bond donors (Lipinski definition) is 0. The molecule has 0 aliphatic heterocycles. The van der Waals surface area contributed by atoms with Gasteiger partial charge in [0.15, 0.2) is 19.4 Å². The molecule has 2 aromatic heterocycles. The highest BCUT2D eigenvalue weighted by atomic mass is 32.2. The van der Waals surface area contributed by atoms with Crippen LogP contribution in [0.3, 0.4) is 0 Å². The van der Waals surface area contributed by atoms with Crippen LogP contribution in [-0.4, -0.2) is 5.97 Å². The van der Waals surface area contributed by atoms with E-state index in [0.29, 0.717) is 5.75 Å². The van der Waals surface area contributed by atoms with E-state index >= 15 is 0 Å². The summed E-state index contributed by atoms with van der Waals surface area (Å²) in [5.74, 6) is -0.0902. The molecule has 2 heterocycles. The van der Waals surface area contributed by atoms with Crippen LogP contribution in [0, 0.1) is 5.13 Å². The molecule has 0 radical (unpaired) electrons. The maximum Gasteiger partial charge on any atom is 0.353 e. The SMILES string of the molecule is O=C(Oc1ccc(-[s+]2c3ccccc3c3ccccc32)cc1)c1ccc(F)s1. The van der Waals surface area contributed by atoms with Gasteiger partial charge in [-0.3, -0.25) is 0 Å². The third kappa shape index (κ3) is 2.89. The molecule has 0 aliphatic rings. The summed E-state index contributed by atoms with van der Waals surface area (Å²) in [6.07, 6.45) is 0. The summed E-state index contributed by atoms with van der Waals surface area (Å²) in [5, 5.41) is 2.15. The van der Waals surface area contributed by atoms with Gasteiger partial charge in [0.2, 0.25) is 0 Å². The highest BCUT2D eigenvalue weighted by molar-refractivity contribution is 7.50. The first kappa shape index (κ1) is 17.1. The Bertz CT molecular complexity index is 1260. The van der Waals surface area contributed by atoms with E-state index in [-0.39, 0.29) is 15.3 Å². The summed E-state index contributed by atoms with van der Waals surface area (Å²) in [4.78, 5) is 13.5. The van der Waals surface area contributed by atoms with Crippen LogP contribution < -0.4 is 4.74 Å². The lowest BCUT2D eigenvalue weighted by atomic mass is 10.2. The van der Waals surface area contributed by atoms with Gasteiger partial charge in [-0.1, -0.05) is 35.6 Å². The molecule has 0 unspecified atom stereocenters. The van der Waals surface area contributed by atoms with Crippen molar-refractivity contribution in [3.8, 4) is 10.6 Å². The van der Waals surface area contributed by atoms with E-state index in [9.17, 15) is 9.18 Å². The van der Waals surface area contributed by atoms with E-state index in [1.165, 1.54) is 37.2 Å². The maximum absolute atomic E-state index is 13.1. The van der Waals surface area contributed by atoms with Crippen LogP contribution in [0.2, 0.25) is 0 Å². The molecule has 5 rings (SSSR count). The second-order valence-electron chi connectivity index (χ2n) is 6.26. The largest absolute Gasteiger partial charge is 0.422 e. The average Bonchev–Trinajstić information content (AvgIpc) is 3.30. The zero-order chi connectivity index (χ0) is 19.1. The summed E-state index contributed by atoms with van der Waals surface area (Å²) < 4.78 is 21.1. The van der Waals surface area contributed by atoms with Gasteiger partial charge in [-0.05, 0) is 48.5 Å². The number of hydrogen-bond acceptors (Lipinski definition) is 3. The van der Waals surface area contributed by atoms with Crippen molar-refractivity contribution in [2.75, 3.05) is 0 Å². The Morgan fingerprint density at radius 1 is 0.786 bits per heavy atom. The van der Waals surface area contributed by atoms with E-state index in [0.717, 1.165) is 11.3 Å². The van der Waals surface area contributed by atoms with E-state index in [4.69, 9.17) is 4.74 Å². The third-order valence-electron chi connectivity index (χ3n) is 4.55. The fourth-order valence-corrected chi connectivity index (χ4v) is 6.32. The Morgan fingerprint density at radius 3 is 1.96 bits per heavy atom. The van der Waals surface area contributed by atoms with Gasteiger partial charge in [0.05, 0.1) is 0 Å². The fraction of sp³-hybridized carbons (Fsp3) is 0. The lowest BCUT2D eigenvalue weighted by molar-refractivity contribution is 0.0740. The number of fused-ring (bicyclic) bond motifs is 3. The Kier molecular flexibility index (Phi) is 4.19. The first-order valence-electron chi connectivity index (χ1n) is 8.71. The molecular formula is C23H14FO2S2+. The Labute approximate surface area is 167 Å². The van der Waals surface area contributed by atoms with Crippen LogP contribution in [0.4, 0.5) is 4.39 Å². The van der Waals surface area contributed by atoms with Crippen LogP contribution >= 0.6 is 21.8 Å². The van der Waals surface area contributed by atoms with E-state index < -0.39 is 11.1 Å². The number of carbonyl (C=O) groups excluding carboxylic acids is 1. The topological polar surface area (TPSA) is 26.3 Å². The van der Waals surface area contributed by atoms with Gasteiger partial charge in [0, 0.05) is 33.4 Å². The second-order valence-corrected chi connectivity index (χ2v) is 9.26. The van der Waals surface area contributed by atoms with Gasteiger partial charge >= 0.3 is 5.97 Å². The Hall–Kier alpha value is -3.02. The van der Waals surface area contributed by atoms with E-state index in [1.807, 2.05) is 12.1 Å². The number of thiophene rings is 2. The summed E-state index contributed by atoms with van der Waals surface area (Å²) >= 11 is 0.783. The summed E-state index contributed by atoms with van der Waals surface area (Å²) in [7, 11) is -0.182. The monoisotopic (exact) mass is 405 g/mol. The number of rotatable bonds is 3. The zero-order valence-corrected chi connectivity index (χ0v) is 16.2. The molecule has 3 aromatic carbocycles. The molecular weight excluding hydrogens is 391 g/mol. The first-order chi connectivity index (χ1) is 13.7. The summed E-state index contributed by atoms with van der Waals surface area (Å²) in [6, 6.07) is 27.3. The van der Waals surface area contributed by atoms with Crippen molar-refractivity contribution < 1.29 is 13.9 Å². The number of benzene rings is 3. The van der Waals surface area contributed by atoms with Gasteiger partial charge in [-0.25, -0.2) is 4.79 Å². The van der Waals surface area contributed by atoms with E-state index in [2.05, 4.69) is 48.5 Å². The molecule has 0 saturated carbocycles. The number of ether oxygens (including phenoxy) is 1. The van der Waals surface area contributed by atoms with Crippen LogP contribution in [0.15, 0.2) is 84.9 Å². The quantitative estimate of drug-likeness (QED) is 0.181. The third-order valence-corrected chi connectivity index (χ3v) is 7.74. The fourth-order valence-electron chi connectivity index (χ4n) is 3.33. The van der Waals surface area contributed by atoms with Gasteiger partial charge in [0.1, 0.15) is 10.6 Å². The minimum atomic E-state index is -0.541. The Morgan fingerprint density at radius 2 is 1.39 bits per heavy atom. The number of carbonyl (C=O) groups is 1. The molecule has 2 nitrogen and oxygen atoms in total. The molecule has 0 atom stereocenters. The van der Waals surface area contributed by atoms with Crippen LogP contribution in [0.25, 0.3) is 25.1 Å². The molecule has 0 amide bonds. The predicted molar refractivity (Wildman–Crippen MR) is 115 cm³/mol. The summed E-state index contributed by atoms with van der Waals surface area (Å²) in [5.41, 5.74) is 0. The van der Waals surface area contributed by atoms with Crippen molar-refractivity contribution in [1.82, 2.24) is 0 Å². The lowest BCUT2D eigenvalue weighted by Crippen LogP contribution is -2.05. The smallest absolute Gasteiger partial charge is 0.353 e. The van der Waals surface area contributed by atoms with E-state index in [1.54, 1.807) is 12.1 Å². The maximum atomic E-state index is 13.1. The minimum absolute atomic E-state index is 0.182. The van der Waals surface area contributed by atoms with Crippen LogP contribution in [0.1, 0.15) is 9.67 Å². The van der Waals surface area contributed by atoms with Crippen molar-refractivity contribution in [3.05, 3.63) is 94.9 Å². The number of halogens is 1. The van der Waals surface area contributed by atoms with Gasteiger partial charge in [0.25, 0.3) is 0 Å². The molecule has 0 spiro atoms. The highest BCUT2D eigenvalue weighted by Gasteiger charge is 2.23. The Balaban J connectivity index is 1.53. The van der Waals surface area contributed by atoms with Crippen LogP contribution in [-0.2, 0) is 0 Å². The molecule has 5 aromatic rings. The highest BCUT2D eigenvalue weighted by Crippen LogP contribution is 2.48. The second kappa shape index (κ2) is 6.86. The van der Waals surface area contributed by atoms with Crippen molar-refractivity contribution >= 4 is 47.9 Å². The molecule has 0 aliphatic carbocycles. The first-order valence-corrected chi connectivity index (χ1v) is 10.7. The molecule has 0 N–H and O–H groups in total. The van der Waals surface area contributed by atoms with Crippen molar-refractivity contribution in [3.63, 3.8) is 0 Å². The molecule has 28 heavy (non-hydrogen) atoms. The summed E-state index contributed by atoms with van der Waals surface area (Å²) in [6.45, 7) is 0. The van der Waals surface area contributed by atoms with Crippen molar-refractivity contribution in [2.45, 2.75) is 0 Å². The lowest BCUT2D eigenvalue weighted by Gasteiger charge is -2.02.